The normalized spacial score (nSPS) is 8.55. The van der Waals surface area contributed by atoms with E-state index in [1.165, 1.54) is 13.8 Å². The second kappa shape index (κ2) is 139. The first-order chi connectivity index (χ1) is 17.5. The van der Waals surface area contributed by atoms with Gasteiger partial charge in [-0.25, -0.2) is 9.78 Å². The molecule has 0 aliphatic rings. The number of ether oxygens (including phenoxy) is 6. The lowest BCUT2D eigenvalue weighted by molar-refractivity contribution is -0.507. The van der Waals surface area contributed by atoms with Crippen LogP contribution in [-0.2, 0) is 48.0 Å². The van der Waals surface area contributed by atoms with E-state index in [0.29, 0.717) is 0 Å². The summed E-state index contributed by atoms with van der Waals surface area (Å²) in [5.41, 5.74) is 0. The van der Waals surface area contributed by atoms with E-state index in [4.69, 9.17) is 58.6 Å². The molecule has 4 N–H and O–H groups in total. The van der Waals surface area contributed by atoms with E-state index < -0.39 is 25.2 Å². The third-order valence-corrected chi connectivity index (χ3v) is 3.02. The lowest BCUT2D eigenvalue weighted by atomic mass is 10.6. The van der Waals surface area contributed by atoms with Gasteiger partial charge in [0.05, 0.1) is 72.7 Å². The van der Waals surface area contributed by atoms with E-state index >= 15 is 0 Å². The van der Waals surface area contributed by atoms with E-state index in [9.17, 15) is 0 Å². The van der Waals surface area contributed by atoms with Crippen LogP contribution in [0.2, 0.25) is 0 Å². The van der Waals surface area contributed by atoms with E-state index in [-0.39, 0.29) is 228 Å². The van der Waals surface area contributed by atoms with Crippen LogP contribution in [0.5, 0.6) is 0 Å². The molecule has 2 unspecified atom stereocenters. The summed E-state index contributed by atoms with van der Waals surface area (Å²) in [5.74, 6) is 0. The molecule has 14 heteroatoms. The molecule has 2 atom stereocenters. The molecule has 56 heavy (non-hydrogen) atoms. The smallest absolute Gasteiger partial charge is 0.247 e. The molecule has 0 rings (SSSR count). The van der Waals surface area contributed by atoms with Gasteiger partial charge in [-0.1, -0.05) is 149 Å². The number of aliphatic hydroxyl groups is 4. The summed E-state index contributed by atoms with van der Waals surface area (Å²) < 4.78 is 32.1. The Hall–Kier alpha value is -1.08. The maximum absolute atomic E-state index is 9.07. The fraction of sp³-hybridized carbons (Fsp3) is 0.905. The summed E-state index contributed by atoms with van der Waals surface area (Å²) in [7, 11) is 0. The molecule has 0 amide bonds. The van der Waals surface area contributed by atoms with Gasteiger partial charge in [0.25, 0.3) is 0 Å². The van der Waals surface area contributed by atoms with Crippen LogP contribution in [0.25, 0.3) is 0 Å². The summed E-state index contributed by atoms with van der Waals surface area (Å²) in [6, 6.07) is 0. The van der Waals surface area contributed by atoms with Crippen LogP contribution in [0.3, 0.4) is 0 Å². The number of aliphatic hydroxyl groups excluding tert-OH is 4. The van der Waals surface area contributed by atoms with Crippen molar-refractivity contribution in [1.29, 1.82) is 0 Å². The van der Waals surface area contributed by atoms with Crippen LogP contribution in [0.4, 0.5) is 0 Å². The highest BCUT2D eigenvalue weighted by molar-refractivity contribution is 4.46. The molecular formula is C42H126O14. The first-order valence-electron chi connectivity index (χ1n) is 11.3. The molecule has 0 aliphatic carbocycles. The fourth-order valence-electron chi connectivity index (χ4n) is 1.79. The molecule has 14 nitrogen and oxygen atoms in total. The van der Waals surface area contributed by atoms with Crippen molar-refractivity contribution in [2.75, 3.05) is 79.3 Å². The first kappa shape index (κ1) is 157. The summed E-state index contributed by atoms with van der Waals surface area (Å²) in [4.78, 5) is 18.6. The Morgan fingerprint density at radius 3 is 0.804 bits per heavy atom. The Bertz CT molecular complexity index is 386. The standard InChI is InChI=1S/C18H38O14.2C2H4.20CH4/c1-15(21)29-31-18(32-30-16(2)22)14-26-8-7-25-13-17(27-11-9-23-5-3-19)28-12-10-24-6-4-20;2*1-2;;;;;;;;;;;;;;;;;;;;/h15-22H,3-14H2,1-2H3;2*1-2H2;20*1H4. The second-order valence-corrected chi connectivity index (χ2v) is 6.01. The van der Waals surface area contributed by atoms with Crippen LogP contribution in [0.15, 0.2) is 26.3 Å². The van der Waals surface area contributed by atoms with Crippen molar-refractivity contribution < 1.29 is 68.4 Å². The van der Waals surface area contributed by atoms with Gasteiger partial charge in [-0.05, 0) is 13.8 Å². The first-order valence-corrected chi connectivity index (χ1v) is 11.3. The highest BCUT2D eigenvalue weighted by Gasteiger charge is 2.16. The van der Waals surface area contributed by atoms with E-state index in [1.54, 1.807) is 0 Å². The van der Waals surface area contributed by atoms with Gasteiger partial charge < -0.3 is 48.8 Å². The van der Waals surface area contributed by atoms with Gasteiger partial charge in [0.1, 0.15) is 6.61 Å². The lowest BCUT2D eigenvalue weighted by Crippen LogP contribution is -2.29. The second-order valence-electron chi connectivity index (χ2n) is 6.01. The van der Waals surface area contributed by atoms with Crippen molar-refractivity contribution in [3.8, 4) is 0 Å². The van der Waals surface area contributed by atoms with Crippen LogP contribution in [0, 0.1) is 0 Å². The maximum atomic E-state index is 9.07. The van der Waals surface area contributed by atoms with Gasteiger partial charge >= 0.3 is 0 Å². The number of hydrogen-bond acceptors (Lipinski definition) is 14. The molecule has 0 aliphatic heterocycles. The molecule has 0 spiro atoms. The molecule has 0 fully saturated rings. The average Bonchev–Trinajstić information content (AvgIpc) is 2.88. The molecule has 0 aromatic rings. The van der Waals surface area contributed by atoms with Crippen molar-refractivity contribution in [2.24, 2.45) is 0 Å². The Morgan fingerprint density at radius 1 is 0.339 bits per heavy atom. The minimum Gasteiger partial charge on any atom is -0.394 e. The largest absolute Gasteiger partial charge is 0.394 e. The summed E-state index contributed by atoms with van der Waals surface area (Å²) in [6.07, 6.45) is -4.23. The van der Waals surface area contributed by atoms with Gasteiger partial charge in [-0.15, -0.1) is 26.3 Å². The molecule has 0 saturated carbocycles. The predicted octanol–water partition coefficient (Wildman–Crippen LogP) is 12.6. The SMILES string of the molecule is C.C.C.C.C.C.C.C.C.C.C.C.C.C.C.C.C.C.C.C.C=C.C=C.CC(O)OOC(COCCOCC(OCCOCCO)OCCOCCO)OOC(C)O. The number of hydrogen-bond donors (Lipinski definition) is 4. The van der Waals surface area contributed by atoms with Crippen LogP contribution >= 0.6 is 0 Å². The minimum absolute atomic E-state index is 0. The zero-order chi connectivity index (χ0) is 27.9. The molecule has 0 aromatic carbocycles. The van der Waals surface area contributed by atoms with Crippen molar-refractivity contribution in [3.05, 3.63) is 26.3 Å². The summed E-state index contributed by atoms with van der Waals surface area (Å²) in [6.45, 7) is 16.3. The van der Waals surface area contributed by atoms with E-state index in [2.05, 4.69) is 36.1 Å². The highest BCUT2D eigenvalue weighted by Crippen LogP contribution is 2.03. The van der Waals surface area contributed by atoms with Crippen LogP contribution in [0.1, 0.15) is 162 Å². The monoisotopic (exact) mass is 855 g/mol. The van der Waals surface area contributed by atoms with Crippen molar-refractivity contribution in [3.63, 3.8) is 0 Å². The molecule has 0 aromatic heterocycles. The van der Waals surface area contributed by atoms with Crippen molar-refractivity contribution >= 4 is 0 Å². The molecule has 0 saturated heterocycles. The summed E-state index contributed by atoms with van der Waals surface area (Å²) in [5, 5.41) is 35.5. The van der Waals surface area contributed by atoms with Crippen molar-refractivity contribution in [1.82, 2.24) is 0 Å². The Kier molecular flexibility index (Phi) is 390. The molecule has 0 heterocycles. The maximum Gasteiger partial charge on any atom is 0.247 e. The Morgan fingerprint density at radius 2 is 0.571 bits per heavy atom. The van der Waals surface area contributed by atoms with E-state index in [1.807, 2.05) is 0 Å². The molecular weight excluding hydrogens is 728 g/mol. The van der Waals surface area contributed by atoms with Crippen molar-refractivity contribution in [2.45, 2.75) is 188 Å². The Balaban J connectivity index is -0.0000000209. The van der Waals surface area contributed by atoms with Gasteiger partial charge in [-0.2, -0.15) is 9.78 Å². The third kappa shape index (κ3) is 140. The van der Waals surface area contributed by atoms with Gasteiger partial charge in [-0.3, -0.25) is 0 Å². The van der Waals surface area contributed by atoms with Gasteiger partial charge in [0, 0.05) is 0 Å². The lowest BCUT2D eigenvalue weighted by Gasteiger charge is -2.19. The zero-order valence-corrected chi connectivity index (χ0v) is 21.5. The topological polar surface area (TPSA) is 173 Å². The fourth-order valence-corrected chi connectivity index (χ4v) is 1.79. The average molecular weight is 855 g/mol. The van der Waals surface area contributed by atoms with Crippen LogP contribution in [-0.4, -0.2) is 125 Å². The van der Waals surface area contributed by atoms with Gasteiger partial charge in [0.2, 0.25) is 6.29 Å². The number of rotatable bonds is 25. The minimum atomic E-state index is -1.20. The molecule has 0 radical (unpaired) electrons. The summed E-state index contributed by atoms with van der Waals surface area (Å²) >= 11 is 0. The predicted molar refractivity (Wildman–Crippen MR) is 262 cm³/mol. The highest BCUT2D eigenvalue weighted by atomic mass is 17.3. The Labute approximate surface area is 361 Å². The van der Waals surface area contributed by atoms with E-state index in [0.717, 1.165) is 0 Å². The van der Waals surface area contributed by atoms with Gasteiger partial charge in [0.15, 0.2) is 18.9 Å². The van der Waals surface area contributed by atoms with Crippen LogP contribution < -0.4 is 0 Å². The molecule has 378 valence electrons. The third-order valence-electron chi connectivity index (χ3n) is 3.02. The molecule has 0 bridgehead atoms. The zero-order valence-electron chi connectivity index (χ0n) is 21.5. The quantitative estimate of drug-likeness (QED) is 0.0224.